The van der Waals surface area contributed by atoms with Crippen LogP contribution in [0.25, 0.3) is 0 Å². The van der Waals surface area contributed by atoms with Crippen molar-refractivity contribution in [2.45, 2.75) is 25.8 Å². The highest BCUT2D eigenvalue weighted by Gasteiger charge is 2.14. The maximum atomic E-state index is 12.6. The van der Waals surface area contributed by atoms with Gasteiger partial charge in [-0.25, -0.2) is 9.97 Å². The van der Waals surface area contributed by atoms with Gasteiger partial charge in [-0.15, -0.1) is 0 Å². The highest BCUT2D eigenvalue weighted by Crippen LogP contribution is 2.22. The van der Waals surface area contributed by atoms with E-state index < -0.39 is 0 Å². The Kier molecular flexibility index (Phi) is 5.70. The molecule has 1 fully saturated rings. The van der Waals surface area contributed by atoms with Gasteiger partial charge in [0, 0.05) is 30.7 Å². The number of nitrogens with one attached hydrogen (secondary N) is 2. The van der Waals surface area contributed by atoms with Crippen LogP contribution in [0.5, 0.6) is 0 Å². The molecule has 1 amide bonds. The third-order valence-electron chi connectivity index (χ3n) is 5.13. The number of carbonyl (C=O) groups is 1. The van der Waals surface area contributed by atoms with Crippen molar-refractivity contribution in [1.29, 1.82) is 0 Å². The molecule has 2 heterocycles. The molecule has 1 aliphatic rings. The summed E-state index contributed by atoms with van der Waals surface area (Å²) in [6, 6.07) is 19.7. The number of anilines is 3. The number of hydrogen-bond acceptors (Lipinski definition) is 5. The Morgan fingerprint density at radius 2 is 1.72 bits per heavy atom. The summed E-state index contributed by atoms with van der Waals surface area (Å²) in [5, 5.41) is 6.16. The molecule has 3 aromatic rings. The smallest absolute Gasteiger partial charge is 0.274 e. The predicted molar refractivity (Wildman–Crippen MR) is 116 cm³/mol. The molecule has 1 aromatic heterocycles. The van der Waals surface area contributed by atoms with Gasteiger partial charge in [-0.1, -0.05) is 30.3 Å². The van der Waals surface area contributed by atoms with E-state index in [4.69, 9.17) is 0 Å². The summed E-state index contributed by atoms with van der Waals surface area (Å²) in [6.07, 6.45) is 4.08. The van der Waals surface area contributed by atoms with Crippen molar-refractivity contribution >= 4 is 23.2 Å². The Labute approximate surface area is 171 Å². The van der Waals surface area contributed by atoms with Crippen LogP contribution in [0.2, 0.25) is 0 Å². The molecule has 29 heavy (non-hydrogen) atoms. The van der Waals surface area contributed by atoms with Crippen LogP contribution in [0, 0.1) is 0 Å². The minimum absolute atomic E-state index is 0.0349. The highest BCUT2D eigenvalue weighted by molar-refractivity contribution is 6.03. The van der Waals surface area contributed by atoms with Crippen LogP contribution in [0.3, 0.4) is 0 Å². The summed E-state index contributed by atoms with van der Waals surface area (Å²) in [5.74, 6) is 0.176. The van der Waals surface area contributed by atoms with Crippen LogP contribution in [0.1, 0.15) is 41.9 Å². The fourth-order valence-corrected chi connectivity index (χ4v) is 3.50. The number of nitrogens with zero attached hydrogens (tertiary/aromatic N) is 3. The Hall–Kier alpha value is -3.41. The van der Waals surface area contributed by atoms with Crippen LogP contribution in [0.15, 0.2) is 66.9 Å². The molecular formula is C23H25N5O. The molecule has 4 rings (SSSR count). The van der Waals surface area contributed by atoms with Crippen molar-refractivity contribution < 1.29 is 4.79 Å². The number of rotatable bonds is 6. The normalized spacial score (nSPS) is 14.4. The summed E-state index contributed by atoms with van der Waals surface area (Å²) < 4.78 is 0. The van der Waals surface area contributed by atoms with Gasteiger partial charge in [0.1, 0.15) is 5.69 Å². The first-order valence-corrected chi connectivity index (χ1v) is 10.00. The topological polar surface area (TPSA) is 70.2 Å². The Morgan fingerprint density at radius 1 is 1.00 bits per heavy atom. The molecule has 148 valence electrons. The average Bonchev–Trinajstić information content (AvgIpc) is 3.30. The first-order chi connectivity index (χ1) is 14.2. The Morgan fingerprint density at radius 3 is 2.45 bits per heavy atom. The Bertz CT molecular complexity index is 953. The van der Waals surface area contributed by atoms with Gasteiger partial charge in [0.2, 0.25) is 5.95 Å². The molecule has 6 nitrogen and oxygen atoms in total. The summed E-state index contributed by atoms with van der Waals surface area (Å²) in [5.41, 5.74) is 3.41. The second kappa shape index (κ2) is 8.73. The lowest BCUT2D eigenvalue weighted by molar-refractivity contribution is 0.102. The van der Waals surface area contributed by atoms with E-state index in [2.05, 4.69) is 37.6 Å². The van der Waals surface area contributed by atoms with Gasteiger partial charge < -0.3 is 15.5 Å². The molecule has 6 heteroatoms. The number of hydrogen-bond donors (Lipinski definition) is 2. The highest BCUT2D eigenvalue weighted by atomic mass is 16.1. The van der Waals surface area contributed by atoms with E-state index in [0.29, 0.717) is 11.6 Å². The lowest BCUT2D eigenvalue weighted by Gasteiger charge is -2.17. The average molecular weight is 387 g/mol. The van der Waals surface area contributed by atoms with E-state index in [1.807, 2.05) is 49.4 Å². The van der Waals surface area contributed by atoms with Crippen molar-refractivity contribution in [3.05, 3.63) is 78.1 Å². The first kappa shape index (κ1) is 18.9. The number of benzene rings is 2. The van der Waals surface area contributed by atoms with Gasteiger partial charge >= 0.3 is 0 Å². The van der Waals surface area contributed by atoms with Crippen LogP contribution >= 0.6 is 0 Å². The van der Waals surface area contributed by atoms with Crippen molar-refractivity contribution in [3.63, 3.8) is 0 Å². The molecule has 0 radical (unpaired) electrons. The molecule has 1 atom stereocenters. The quantitative estimate of drug-likeness (QED) is 0.652. The van der Waals surface area contributed by atoms with Crippen LogP contribution < -0.4 is 15.5 Å². The van der Waals surface area contributed by atoms with Crippen LogP contribution in [-0.4, -0.2) is 29.0 Å². The monoisotopic (exact) mass is 387 g/mol. The fraction of sp³-hybridized carbons (Fsp3) is 0.261. The van der Waals surface area contributed by atoms with E-state index in [0.717, 1.165) is 24.3 Å². The third-order valence-corrected chi connectivity index (χ3v) is 5.13. The second-order valence-corrected chi connectivity index (χ2v) is 7.24. The number of amides is 1. The number of aromatic nitrogens is 2. The van der Waals surface area contributed by atoms with Crippen LogP contribution in [0.4, 0.5) is 17.3 Å². The third kappa shape index (κ3) is 4.71. The summed E-state index contributed by atoms with van der Waals surface area (Å²) in [4.78, 5) is 23.6. The minimum Gasteiger partial charge on any atom is -0.372 e. The summed E-state index contributed by atoms with van der Waals surface area (Å²) in [6.45, 7) is 4.24. The molecule has 1 aliphatic heterocycles. The molecule has 0 spiro atoms. The SMILES string of the molecule is CC(Nc1nccc(C(=O)Nc2ccc(N3CCCC3)cc2)n1)c1ccccc1. The molecule has 1 unspecified atom stereocenters. The molecule has 0 aliphatic carbocycles. The Balaban J connectivity index is 1.40. The molecule has 0 bridgehead atoms. The largest absolute Gasteiger partial charge is 0.372 e. The molecule has 2 N–H and O–H groups in total. The van der Waals surface area contributed by atoms with E-state index in [1.54, 1.807) is 12.3 Å². The summed E-state index contributed by atoms with van der Waals surface area (Å²) in [7, 11) is 0. The van der Waals surface area contributed by atoms with Gasteiger partial charge in [-0.3, -0.25) is 4.79 Å². The second-order valence-electron chi connectivity index (χ2n) is 7.24. The molecular weight excluding hydrogens is 362 g/mol. The molecule has 1 saturated heterocycles. The van der Waals surface area contributed by atoms with Crippen molar-refractivity contribution in [1.82, 2.24) is 9.97 Å². The van der Waals surface area contributed by atoms with E-state index >= 15 is 0 Å². The maximum absolute atomic E-state index is 12.6. The zero-order valence-electron chi connectivity index (χ0n) is 16.5. The zero-order valence-corrected chi connectivity index (χ0v) is 16.5. The standard InChI is InChI=1S/C23H25N5O/c1-17(18-7-3-2-4-8-18)25-23-24-14-13-21(27-23)22(29)26-19-9-11-20(12-10-19)28-15-5-6-16-28/h2-4,7-14,17H,5-6,15-16H2,1H3,(H,26,29)(H,24,25,27). The van der Waals surface area contributed by atoms with Crippen LogP contribution in [-0.2, 0) is 0 Å². The zero-order chi connectivity index (χ0) is 20.1. The van der Waals surface area contributed by atoms with Gasteiger partial charge in [0.25, 0.3) is 5.91 Å². The van der Waals surface area contributed by atoms with Gasteiger partial charge in [0.05, 0.1) is 6.04 Å². The van der Waals surface area contributed by atoms with Gasteiger partial charge in [0.15, 0.2) is 0 Å². The van der Waals surface area contributed by atoms with E-state index in [-0.39, 0.29) is 11.9 Å². The molecule has 2 aromatic carbocycles. The van der Waals surface area contributed by atoms with E-state index in [1.165, 1.54) is 18.5 Å². The first-order valence-electron chi connectivity index (χ1n) is 10.00. The van der Waals surface area contributed by atoms with E-state index in [9.17, 15) is 4.79 Å². The maximum Gasteiger partial charge on any atom is 0.274 e. The lowest BCUT2D eigenvalue weighted by Crippen LogP contribution is -2.18. The molecule has 0 saturated carbocycles. The van der Waals surface area contributed by atoms with Crippen molar-refractivity contribution in [2.24, 2.45) is 0 Å². The number of carbonyl (C=O) groups excluding carboxylic acids is 1. The lowest BCUT2D eigenvalue weighted by atomic mass is 10.1. The van der Waals surface area contributed by atoms with Gasteiger partial charge in [-0.05, 0) is 55.7 Å². The fourth-order valence-electron chi connectivity index (χ4n) is 3.50. The minimum atomic E-state index is -0.253. The summed E-state index contributed by atoms with van der Waals surface area (Å²) >= 11 is 0. The van der Waals surface area contributed by atoms with Crippen molar-refractivity contribution in [3.8, 4) is 0 Å². The van der Waals surface area contributed by atoms with Crippen molar-refractivity contribution in [2.75, 3.05) is 28.6 Å². The van der Waals surface area contributed by atoms with Gasteiger partial charge in [-0.2, -0.15) is 0 Å². The predicted octanol–water partition coefficient (Wildman–Crippen LogP) is 4.50.